The molecule has 0 aliphatic carbocycles. The fourth-order valence-corrected chi connectivity index (χ4v) is 2.54. The van der Waals surface area contributed by atoms with Crippen molar-refractivity contribution in [2.75, 3.05) is 4.90 Å². The molecular weight excluding hydrogens is 430 g/mol. The number of aromatic nitrogens is 4. The van der Waals surface area contributed by atoms with E-state index >= 15 is 0 Å². The van der Waals surface area contributed by atoms with Crippen molar-refractivity contribution >= 4 is 11.7 Å². The Bertz CT molecular complexity index is 1040. The molecule has 0 fully saturated rings. The molecule has 3 aromatic rings. The zero-order chi connectivity index (χ0) is 22.3. The van der Waals surface area contributed by atoms with E-state index in [0.717, 1.165) is 16.8 Å². The maximum absolute atomic E-state index is 14.3. The van der Waals surface area contributed by atoms with Crippen LogP contribution in [0.15, 0.2) is 48.9 Å². The minimum Gasteiger partial charge on any atom is -0.268 e. The number of H-pyrrole nitrogens is 1. The Kier molecular flexibility index (Phi) is 5.04. The summed E-state index contributed by atoms with van der Waals surface area (Å²) in [4.78, 5) is 11.5. The van der Waals surface area contributed by atoms with Crippen LogP contribution in [0.5, 0.6) is 0 Å². The standard InChI is InChI=1S/C16H9F8N5O/c17-14(18,19)10-8-25-27-12(10)29(16(23,24)15(20,21)22)13(30)9-4-1-2-5-11(9)28-7-3-6-26-28/h1-8H,(H,25,27). The number of rotatable bonds is 4. The topological polar surface area (TPSA) is 66.8 Å². The second-order valence-electron chi connectivity index (χ2n) is 5.78. The van der Waals surface area contributed by atoms with Crippen LogP contribution in [0.2, 0.25) is 0 Å². The van der Waals surface area contributed by atoms with Gasteiger partial charge < -0.3 is 0 Å². The summed E-state index contributed by atoms with van der Waals surface area (Å²) in [6, 6.07) is -0.114. The van der Waals surface area contributed by atoms with E-state index in [0.29, 0.717) is 0 Å². The van der Waals surface area contributed by atoms with Crippen LogP contribution in [0.4, 0.5) is 40.9 Å². The van der Waals surface area contributed by atoms with Gasteiger partial charge in [-0.1, -0.05) is 12.1 Å². The van der Waals surface area contributed by atoms with Crippen LogP contribution in [0.3, 0.4) is 0 Å². The predicted molar refractivity (Wildman–Crippen MR) is 85.0 cm³/mol. The van der Waals surface area contributed by atoms with Gasteiger partial charge >= 0.3 is 18.4 Å². The first-order valence-electron chi connectivity index (χ1n) is 7.84. The fraction of sp³-hybridized carbons (Fsp3) is 0.188. The number of aromatic amines is 1. The van der Waals surface area contributed by atoms with Gasteiger partial charge in [-0.25, -0.2) is 9.58 Å². The van der Waals surface area contributed by atoms with Gasteiger partial charge in [0, 0.05) is 12.4 Å². The summed E-state index contributed by atoms with van der Waals surface area (Å²) in [6.45, 7) is 0. The quantitative estimate of drug-likeness (QED) is 0.484. The van der Waals surface area contributed by atoms with Gasteiger partial charge in [0.15, 0.2) is 0 Å². The van der Waals surface area contributed by atoms with E-state index in [9.17, 15) is 39.9 Å². The average Bonchev–Trinajstić information content (AvgIpc) is 3.32. The van der Waals surface area contributed by atoms with Gasteiger partial charge in [-0.2, -0.15) is 45.3 Å². The number of anilines is 1. The van der Waals surface area contributed by atoms with Crippen LogP contribution < -0.4 is 4.90 Å². The van der Waals surface area contributed by atoms with E-state index < -0.39 is 46.2 Å². The second-order valence-corrected chi connectivity index (χ2v) is 5.78. The average molecular weight is 439 g/mol. The maximum atomic E-state index is 14.3. The van der Waals surface area contributed by atoms with Crippen LogP contribution in [-0.4, -0.2) is 38.1 Å². The highest BCUT2D eigenvalue weighted by Crippen LogP contribution is 2.45. The lowest BCUT2D eigenvalue weighted by atomic mass is 10.1. The molecule has 1 amide bonds. The summed E-state index contributed by atoms with van der Waals surface area (Å²) in [7, 11) is 0. The number of hydrogen-bond acceptors (Lipinski definition) is 3. The first kappa shape index (κ1) is 21.3. The monoisotopic (exact) mass is 439 g/mol. The molecule has 0 spiro atoms. The van der Waals surface area contributed by atoms with Gasteiger partial charge in [-0.3, -0.25) is 9.89 Å². The number of amides is 1. The number of hydrogen-bond donors (Lipinski definition) is 1. The molecule has 0 bridgehead atoms. The smallest absolute Gasteiger partial charge is 0.268 e. The third kappa shape index (κ3) is 3.59. The van der Waals surface area contributed by atoms with Crippen molar-refractivity contribution in [3.05, 3.63) is 60.0 Å². The number of benzene rings is 1. The van der Waals surface area contributed by atoms with Gasteiger partial charge in [0.1, 0.15) is 11.4 Å². The molecule has 0 saturated heterocycles. The molecule has 0 aliphatic heterocycles. The lowest BCUT2D eigenvalue weighted by molar-refractivity contribution is -0.278. The third-order valence-corrected chi connectivity index (χ3v) is 3.86. The summed E-state index contributed by atoms with van der Waals surface area (Å²) in [5.74, 6) is -3.91. The van der Waals surface area contributed by atoms with Crippen molar-refractivity contribution in [2.45, 2.75) is 18.4 Å². The van der Waals surface area contributed by atoms with Crippen LogP contribution in [0.25, 0.3) is 5.69 Å². The maximum Gasteiger partial charge on any atom is 0.476 e. The summed E-state index contributed by atoms with van der Waals surface area (Å²) in [6.07, 6.45) is -9.27. The number of carbonyl (C=O) groups excluding carboxylic acids is 1. The first-order valence-corrected chi connectivity index (χ1v) is 7.84. The molecule has 1 N–H and O–H groups in total. The molecule has 2 heterocycles. The second kappa shape index (κ2) is 7.11. The first-order chi connectivity index (χ1) is 13.9. The molecular formula is C16H9F8N5O. The van der Waals surface area contributed by atoms with Crippen molar-refractivity contribution < 1.29 is 39.9 Å². The molecule has 30 heavy (non-hydrogen) atoms. The van der Waals surface area contributed by atoms with E-state index in [1.165, 1.54) is 35.7 Å². The molecule has 6 nitrogen and oxygen atoms in total. The van der Waals surface area contributed by atoms with Crippen LogP contribution in [-0.2, 0) is 6.18 Å². The molecule has 3 rings (SSSR count). The lowest BCUT2D eigenvalue weighted by Crippen LogP contribution is -2.56. The number of alkyl halides is 8. The van der Waals surface area contributed by atoms with Crippen LogP contribution in [0, 0.1) is 0 Å². The molecule has 0 radical (unpaired) electrons. The Morgan fingerprint density at radius 2 is 1.67 bits per heavy atom. The van der Waals surface area contributed by atoms with Gasteiger partial charge in [-0.15, -0.1) is 0 Å². The molecule has 0 unspecified atom stereocenters. The van der Waals surface area contributed by atoms with Crippen molar-refractivity contribution in [3.63, 3.8) is 0 Å². The fourth-order valence-electron chi connectivity index (χ4n) is 2.54. The molecule has 0 saturated carbocycles. The summed E-state index contributed by atoms with van der Waals surface area (Å²) in [5.41, 5.74) is -2.97. The van der Waals surface area contributed by atoms with Gasteiger partial charge in [-0.05, 0) is 18.2 Å². The zero-order valence-electron chi connectivity index (χ0n) is 14.3. The number of carbonyl (C=O) groups is 1. The van der Waals surface area contributed by atoms with Crippen molar-refractivity contribution in [1.82, 2.24) is 20.0 Å². The molecule has 1 aromatic carbocycles. The minimum absolute atomic E-state index is 0.00146. The van der Waals surface area contributed by atoms with Crippen molar-refractivity contribution in [2.24, 2.45) is 0 Å². The van der Waals surface area contributed by atoms with E-state index in [-0.39, 0.29) is 11.9 Å². The van der Waals surface area contributed by atoms with Crippen molar-refractivity contribution in [3.8, 4) is 5.69 Å². The van der Waals surface area contributed by atoms with E-state index in [1.807, 2.05) is 0 Å². The third-order valence-electron chi connectivity index (χ3n) is 3.86. The number of nitrogens with zero attached hydrogens (tertiary/aromatic N) is 4. The van der Waals surface area contributed by atoms with Gasteiger partial charge in [0.05, 0.1) is 17.4 Å². The lowest BCUT2D eigenvalue weighted by Gasteiger charge is -2.32. The van der Waals surface area contributed by atoms with E-state index in [2.05, 4.69) is 10.2 Å². The Balaban J connectivity index is 2.24. The predicted octanol–water partition coefficient (Wildman–Crippen LogP) is 4.42. The molecule has 2 aromatic heterocycles. The van der Waals surface area contributed by atoms with Crippen molar-refractivity contribution in [1.29, 1.82) is 0 Å². The van der Waals surface area contributed by atoms with E-state index in [1.54, 1.807) is 0 Å². The highest BCUT2D eigenvalue weighted by atomic mass is 19.4. The molecule has 14 heteroatoms. The highest BCUT2D eigenvalue weighted by molar-refractivity contribution is 6.09. The molecule has 0 atom stereocenters. The Morgan fingerprint density at radius 3 is 2.23 bits per heavy atom. The van der Waals surface area contributed by atoms with Gasteiger partial charge in [0.25, 0.3) is 5.91 Å². The highest BCUT2D eigenvalue weighted by Gasteiger charge is 2.65. The normalized spacial score (nSPS) is 12.8. The molecule has 160 valence electrons. The van der Waals surface area contributed by atoms with Crippen LogP contribution >= 0.6 is 0 Å². The van der Waals surface area contributed by atoms with Crippen LogP contribution in [0.1, 0.15) is 15.9 Å². The Hall–Kier alpha value is -3.45. The Morgan fingerprint density at radius 1 is 1.00 bits per heavy atom. The summed E-state index contributed by atoms with van der Waals surface area (Å²) >= 11 is 0. The molecule has 0 aliphatic rings. The summed E-state index contributed by atoms with van der Waals surface area (Å²) in [5, 5.41) is 8.08. The number of nitrogens with one attached hydrogen (secondary N) is 1. The summed E-state index contributed by atoms with van der Waals surface area (Å²) < 4.78 is 108. The SMILES string of the molecule is O=C(c1ccccc1-n1cccn1)N(c1[nH]ncc1C(F)(F)F)C(F)(F)C(F)(F)F. The zero-order valence-corrected chi connectivity index (χ0v) is 14.3. The van der Waals surface area contributed by atoms with Gasteiger partial charge in [0.2, 0.25) is 0 Å². The number of halogens is 8. The number of para-hydroxylation sites is 1. The minimum atomic E-state index is -6.39. The largest absolute Gasteiger partial charge is 0.476 e. The van der Waals surface area contributed by atoms with E-state index in [4.69, 9.17) is 0 Å². The Labute approximate surface area is 161 Å².